The molecule has 2 rings (SSSR count). The van der Waals surface area contributed by atoms with Gasteiger partial charge < -0.3 is 10.1 Å². The van der Waals surface area contributed by atoms with Crippen molar-refractivity contribution < 1.29 is 9.66 Å². The van der Waals surface area contributed by atoms with Crippen LogP contribution in [0, 0.1) is 10.1 Å². The van der Waals surface area contributed by atoms with Crippen LogP contribution in [0.4, 0.5) is 11.4 Å². The zero-order valence-corrected chi connectivity index (χ0v) is 12.1. The van der Waals surface area contributed by atoms with Gasteiger partial charge in [0.1, 0.15) is 5.75 Å². The lowest BCUT2D eigenvalue weighted by Gasteiger charge is -2.20. The smallest absolute Gasteiger partial charge is 0.269 e. The summed E-state index contributed by atoms with van der Waals surface area (Å²) in [6.45, 7) is 2.03. The zero-order valence-electron chi connectivity index (χ0n) is 12.1. The molecule has 0 saturated carbocycles. The lowest BCUT2D eigenvalue weighted by molar-refractivity contribution is -0.384. The summed E-state index contributed by atoms with van der Waals surface area (Å²) >= 11 is 0. The quantitative estimate of drug-likeness (QED) is 0.639. The van der Waals surface area contributed by atoms with E-state index in [-0.39, 0.29) is 16.7 Å². The highest BCUT2D eigenvalue weighted by atomic mass is 16.6. The molecule has 2 aromatic rings. The minimum Gasteiger partial charge on any atom is -0.495 e. The largest absolute Gasteiger partial charge is 0.495 e. The molecule has 2 aromatic carbocycles. The van der Waals surface area contributed by atoms with Crippen LogP contribution in [0.3, 0.4) is 0 Å². The summed E-state index contributed by atoms with van der Waals surface area (Å²) in [5, 5.41) is 14.3. The van der Waals surface area contributed by atoms with Crippen molar-refractivity contribution in [3.8, 4) is 5.75 Å². The molecule has 110 valence electrons. The summed E-state index contributed by atoms with van der Waals surface area (Å²) in [7, 11) is 1.62. The molecule has 0 saturated heterocycles. The maximum atomic E-state index is 10.9. The zero-order chi connectivity index (χ0) is 15.2. The number of benzene rings is 2. The van der Waals surface area contributed by atoms with Gasteiger partial charge in [0.15, 0.2) is 0 Å². The van der Waals surface area contributed by atoms with E-state index in [0.29, 0.717) is 0 Å². The van der Waals surface area contributed by atoms with E-state index in [9.17, 15) is 10.1 Å². The number of ether oxygens (including phenoxy) is 1. The van der Waals surface area contributed by atoms with Crippen LogP contribution in [0.2, 0.25) is 0 Å². The molecule has 0 aromatic heterocycles. The number of nitrogens with one attached hydrogen (secondary N) is 1. The van der Waals surface area contributed by atoms with Crippen LogP contribution >= 0.6 is 0 Å². The van der Waals surface area contributed by atoms with Crippen molar-refractivity contribution in [2.24, 2.45) is 0 Å². The Morgan fingerprint density at radius 2 is 2.00 bits per heavy atom. The van der Waals surface area contributed by atoms with Gasteiger partial charge in [-0.25, -0.2) is 0 Å². The maximum Gasteiger partial charge on any atom is 0.269 e. The molecular formula is C16H18N2O3. The standard InChI is InChI=1S/C16H18N2O3/c1-3-14(12-7-6-8-13(11-12)18(19)20)17-15-9-4-5-10-16(15)21-2/h4-11,14,17H,3H2,1-2H3. The number of nitro groups is 1. The van der Waals surface area contributed by atoms with Gasteiger partial charge in [-0.3, -0.25) is 10.1 Å². The predicted molar refractivity (Wildman–Crippen MR) is 82.7 cm³/mol. The van der Waals surface area contributed by atoms with Gasteiger partial charge in [0.05, 0.1) is 23.8 Å². The number of hydrogen-bond donors (Lipinski definition) is 1. The molecule has 0 aliphatic carbocycles. The first-order chi connectivity index (χ1) is 10.2. The minimum absolute atomic E-state index is 0.0128. The van der Waals surface area contributed by atoms with Crippen LogP contribution in [0.15, 0.2) is 48.5 Å². The van der Waals surface area contributed by atoms with Crippen molar-refractivity contribution >= 4 is 11.4 Å². The molecule has 5 heteroatoms. The fraction of sp³-hybridized carbons (Fsp3) is 0.250. The Hall–Kier alpha value is -2.56. The van der Waals surface area contributed by atoms with Gasteiger partial charge in [-0.05, 0) is 24.1 Å². The summed E-state index contributed by atoms with van der Waals surface area (Å²) in [5.74, 6) is 0.751. The van der Waals surface area contributed by atoms with Crippen molar-refractivity contribution in [3.63, 3.8) is 0 Å². The number of non-ortho nitro benzene ring substituents is 1. The molecule has 0 bridgehead atoms. The molecule has 21 heavy (non-hydrogen) atoms. The van der Waals surface area contributed by atoms with Crippen LogP contribution in [-0.4, -0.2) is 12.0 Å². The van der Waals surface area contributed by atoms with Gasteiger partial charge in [-0.1, -0.05) is 31.2 Å². The number of anilines is 1. The van der Waals surface area contributed by atoms with Gasteiger partial charge in [0.25, 0.3) is 5.69 Å². The first-order valence-corrected chi connectivity index (χ1v) is 6.79. The molecule has 5 nitrogen and oxygen atoms in total. The lowest BCUT2D eigenvalue weighted by Crippen LogP contribution is -2.10. The van der Waals surface area contributed by atoms with Crippen molar-refractivity contribution in [3.05, 3.63) is 64.2 Å². The van der Waals surface area contributed by atoms with E-state index in [1.165, 1.54) is 6.07 Å². The summed E-state index contributed by atoms with van der Waals surface area (Å²) < 4.78 is 5.32. The number of rotatable bonds is 6. The first-order valence-electron chi connectivity index (χ1n) is 6.79. The number of hydrogen-bond acceptors (Lipinski definition) is 4. The summed E-state index contributed by atoms with van der Waals surface area (Å²) in [6.07, 6.45) is 0.805. The van der Waals surface area contributed by atoms with E-state index in [0.717, 1.165) is 23.4 Å². The van der Waals surface area contributed by atoms with E-state index in [1.807, 2.05) is 37.3 Å². The highest BCUT2D eigenvalue weighted by molar-refractivity contribution is 5.57. The lowest BCUT2D eigenvalue weighted by atomic mass is 10.0. The van der Waals surface area contributed by atoms with Crippen molar-refractivity contribution in [2.75, 3.05) is 12.4 Å². The van der Waals surface area contributed by atoms with E-state index in [2.05, 4.69) is 5.32 Å². The monoisotopic (exact) mass is 286 g/mol. The third kappa shape index (κ3) is 3.51. The molecule has 1 unspecified atom stereocenters. The summed E-state index contributed by atoms with van der Waals surface area (Å²) in [6, 6.07) is 14.3. The second kappa shape index (κ2) is 6.74. The van der Waals surface area contributed by atoms with E-state index in [1.54, 1.807) is 19.2 Å². The highest BCUT2D eigenvalue weighted by Gasteiger charge is 2.14. The average Bonchev–Trinajstić information content (AvgIpc) is 2.53. The Bertz CT molecular complexity index is 628. The normalized spacial score (nSPS) is 11.7. The third-order valence-electron chi connectivity index (χ3n) is 3.33. The fourth-order valence-corrected chi connectivity index (χ4v) is 2.23. The van der Waals surface area contributed by atoms with Crippen molar-refractivity contribution in [2.45, 2.75) is 19.4 Å². The maximum absolute atomic E-state index is 10.9. The van der Waals surface area contributed by atoms with Gasteiger partial charge in [-0.2, -0.15) is 0 Å². The van der Waals surface area contributed by atoms with Crippen molar-refractivity contribution in [1.82, 2.24) is 0 Å². The molecule has 1 N–H and O–H groups in total. The number of para-hydroxylation sites is 2. The molecule has 0 spiro atoms. The van der Waals surface area contributed by atoms with Crippen LogP contribution in [0.25, 0.3) is 0 Å². The molecule has 1 atom stereocenters. The fourth-order valence-electron chi connectivity index (χ4n) is 2.23. The Kier molecular flexibility index (Phi) is 4.77. The van der Waals surface area contributed by atoms with Crippen LogP contribution in [-0.2, 0) is 0 Å². The van der Waals surface area contributed by atoms with Gasteiger partial charge in [0, 0.05) is 12.1 Å². The van der Waals surface area contributed by atoms with Gasteiger partial charge in [-0.15, -0.1) is 0 Å². The predicted octanol–water partition coefficient (Wildman–Crippen LogP) is 4.17. The topological polar surface area (TPSA) is 64.4 Å². The molecule has 0 heterocycles. The Morgan fingerprint density at radius 1 is 1.24 bits per heavy atom. The summed E-state index contributed by atoms with van der Waals surface area (Å²) in [4.78, 5) is 10.5. The molecule has 0 aliphatic heterocycles. The Morgan fingerprint density at radius 3 is 2.67 bits per heavy atom. The first kappa shape index (κ1) is 14.8. The van der Waals surface area contributed by atoms with Crippen molar-refractivity contribution in [1.29, 1.82) is 0 Å². The Labute approximate surface area is 123 Å². The second-order valence-electron chi connectivity index (χ2n) is 4.66. The van der Waals surface area contributed by atoms with E-state index < -0.39 is 0 Å². The minimum atomic E-state index is -0.376. The molecule has 0 amide bonds. The Balaban J connectivity index is 2.27. The van der Waals surface area contributed by atoms with E-state index >= 15 is 0 Å². The second-order valence-corrected chi connectivity index (χ2v) is 4.66. The SMILES string of the molecule is CCC(Nc1ccccc1OC)c1cccc([N+](=O)[O-])c1. The van der Waals surface area contributed by atoms with Crippen LogP contribution in [0.5, 0.6) is 5.75 Å². The number of nitro benzene ring substituents is 1. The van der Waals surface area contributed by atoms with Crippen LogP contribution < -0.4 is 10.1 Å². The average molecular weight is 286 g/mol. The highest BCUT2D eigenvalue weighted by Crippen LogP contribution is 2.30. The molecule has 0 aliphatic rings. The molecule has 0 radical (unpaired) electrons. The van der Waals surface area contributed by atoms with Crippen LogP contribution in [0.1, 0.15) is 24.9 Å². The number of nitrogens with zero attached hydrogens (tertiary/aromatic N) is 1. The number of methoxy groups -OCH3 is 1. The van der Waals surface area contributed by atoms with Gasteiger partial charge >= 0.3 is 0 Å². The van der Waals surface area contributed by atoms with Gasteiger partial charge in [0.2, 0.25) is 0 Å². The molecule has 0 fully saturated rings. The third-order valence-corrected chi connectivity index (χ3v) is 3.33. The molecular weight excluding hydrogens is 268 g/mol. The summed E-state index contributed by atoms with van der Waals surface area (Å²) in [5.41, 5.74) is 1.86. The van der Waals surface area contributed by atoms with E-state index in [4.69, 9.17) is 4.74 Å².